The first-order valence-corrected chi connectivity index (χ1v) is 8.27. The van der Waals surface area contributed by atoms with Gasteiger partial charge in [-0.1, -0.05) is 41.7 Å². The second kappa shape index (κ2) is 7.11. The Bertz CT molecular complexity index is 526. The van der Waals surface area contributed by atoms with Crippen molar-refractivity contribution in [3.63, 3.8) is 0 Å². The van der Waals surface area contributed by atoms with Crippen LogP contribution in [0.2, 0.25) is 15.1 Å². The smallest absolute Gasteiger partial charge is 0.243 e. The Labute approximate surface area is 128 Å². The van der Waals surface area contributed by atoms with Crippen LogP contribution in [-0.4, -0.2) is 27.5 Å². The molecule has 0 aliphatic rings. The van der Waals surface area contributed by atoms with E-state index in [0.29, 0.717) is 0 Å². The Morgan fingerprint density at radius 2 is 1.74 bits per heavy atom. The van der Waals surface area contributed by atoms with Gasteiger partial charge >= 0.3 is 0 Å². The molecule has 0 spiro atoms. The molecule has 4 nitrogen and oxygen atoms in total. The van der Waals surface area contributed by atoms with Crippen LogP contribution in [0.25, 0.3) is 0 Å². The van der Waals surface area contributed by atoms with Gasteiger partial charge in [0.25, 0.3) is 0 Å². The monoisotopic (exact) mass is 344 g/mol. The molecule has 0 saturated carbocycles. The van der Waals surface area contributed by atoms with Crippen LogP contribution in [0.15, 0.2) is 17.0 Å². The van der Waals surface area contributed by atoms with Crippen LogP contribution in [0.5, 0.6) is 0 Å². The van der Waals surface area contributed by atoms with Gasteiger partial charge in [-0.15, -0.1) is 0 Å². The molecule has 1 rings (SSSR count). The molecule has 0 radical (unpaired) electrons. The van der Waals surface area contributed by atoms with Gasteiger partial charge in [-0.2, -0.15) is 0 Å². The van der Waals surface area contributed by atoms with Gasteiger partial charge < -0.3 is 5.32 Å². The average Bonchev–Trinajstić information content (AvgIpc) is 2.25. The average molecular weight is 346 g/mol. The molecule has 0 aromatic heterocycles. The highest BCUT2D eigenvalue weighted by atomic mass is 35.5. The fourth-order valence-electron chi connectivity index (χ4n) is 1.51. The fraction of sp³-hybridized carbons (Fsp3) is 0.455. The lowest BCUT2D eigenvalue weighted by atomic mass is 10.3. The minimum Gasteiger partial charge on any atom is -0.313 e. The molecular weight excluding hydrogens is 331 g/mol. The largest absolute Gasteiger partial charge is 0.313 e. The first-order valence-electron chi connectivity index (χ1n) is 5.65. The summed E-state index contributed by atoms with van der Waals surface area (Å²) in [7, 11) is -3.76. The maximum Gasteiger partial charge on any atom is 0.243 e. The minimum atomic E-state index is -3.76. The molecule has 0 saturated heterocycles. The third kappa shape index (κ3) is 4.77. The van der Waals surface area contributed by atoms with E-state index in [0.717, 1.165) is 6.54 Å². The maximum absolute atomic E-state index is 12.1. The summed E-state index contributed by atoms with van der Waals surface area (Å²) in [6.07, 6.45) is 0. The lowest BCUT2D eigenvalue weighted by molar-refractivity contribution is 0.536. The Morgan fingerprint density at radius 3 is 2.21 bits per heavy atom. The van der Waals surface area contributed by atoms with Gasteiger partial charge in [-0.3, -0.25) is 0 Å². The molecule has 1 aromatic rings. The van der Waals surface area contributed by atoms with Gasteiger partial charge in [0, 0.05) is 17.6 Å². The summed E-state index contributed by atoms with van der Waals surface area (Å²) in [5.41, 5.74) is 0. The number of hydrogen-bond acceptors (Lipinski definition) is 3. The van der Waals surface area contributed by atoms with Crippen LogP contribution in [0, 0.1) is 0 Å². The van der Waals surface area contributed by atoms with Crippen molar-refractivity contribution >= 4 is 44.8 Å². The molecule has 0 heterocycles. The van der Waals surface area contributed by atoms with Crippen molar-refractivity contribution < 1.29 is 8.42 Å². The topological polar surface area (TPSA) is 58.2 Å². The van der Waals surface area contributed by atoms with Crippen LogP contribution in [0.3, 0.4) is 0 Å². The summed E-state index contributed by atoms with van der Waals surface area (Å²) in [4.78, 5) is -0.149. The fourth-order valence-corrected chi connectivity index (χ4v) is 4.18. The zero-order valence-electron chi connectivity index (χ0n) is 10.5. The standard InChI is InChI=1S/C11H15Cl3N2O2S/c1-3-15-7(2)6-16-19(17,18)11-9(13)4-8(12)5-10(11)14/h4-5,7,15-16H,3,6H2,1-2H3/t7-/m1/s1. The van der Waals surface area contributed by atoms with E-state index in [1.807, 2.05) is 13.8 Å². The Balaban J connectivity index is 2.95. The van der Waals surface area contributed by atoms with Crippen LogP contribution in [-0.2, 0) is 10.0 Å². The molecular formula is C11H15Cl3N2O2S. The molecule has 8 heteroatoms. The number of sulfonamides is 1. The SMILES string of the molecule is CCN[C@H](C)CNS(=O)(=O)c1c(Cl)cc(Cl)cc1Cl. The number of halogens is 3. The van der Waals surface area contributed by atoms with Crippen molar-refractivity contribution in [3.8, 4) is 0 Å². The number of hydrogen-bond donors (Lipinski definition) is 2. The van der Waals surface area contributed by atoms with Gasteiger partial charge in [-0.05, 0) is 25.6 Å². The van der Waals surface area contributed by atoms with E-state index in [1.165, 1.54) is 12.1 Å². The molecule has 108 valence electrons. The Morgan fingerprint density at radius 1 is 1.21 bits per heavy atom. The molecule has 1 atom stereocenters. The number of rotatable bonds is 6. The summed E-state index contributed by atoms with van der Waals surface area (Å²) in [6.45, 7) is 4.81. The quantitative estimate of drug-likeness (QED) is 0.833. The number of benzene rings is 1. The van der Waals surface area contributed by atoms with Crippen LogP contribution in [0.4, 0.5) is 0 Å². The van der Waals surface area contributed by atoms with E-state index in [9.17, 15) is 8.42 Å². The van der Waals surface area contributed by atoms with Gasteiger partial charge in [0.1, 0.15) is 4.90 Å². The second-order valence-electron chi connectivity index (χ2n) is 4.01. The van der Waals surface area contributed by atoms with E-state index in [4.69, 9.17) is 34.8 Å². The van der Waals surface area contributed by atoms with Crippen molar-refractivity contribution in [3.05, 3.63) is 27.2 Å². The molecule has 0 bridgehead atoms. The van der Waals surface area contributed by atoms with Crippen molar-refractivity contribution in [1.82, 2.24) is 10.0 Å². The van der Waals surface area contributed by atoms with E-state index in [2.05, 4.69) is 10.0 Å². The molecule has 0 amide bonds. The predicted octanol–water partition coefficient (Wildman–Crippen LogP) is 2.92. The third-order valence-corrected chi connectivity index (χ3v) is 4.93. The van der Waals surface area contributed by atoms with Crippen molar-refractivity contribution in [1.29, 1.82) is 0 Å². The van der Waals surface area contributed by atoms with Gasteiger partial charge in [0.15, 0.2) is 0 Å². The second-order valence-corrected chi connectivity index (χ2v) is 6.96. The van der Waals surface area contributed by atoms with Crippen molar-refractivity contribution in [2.24, 2.45) is 0 Å². The number of nitrogens with one attached hydrogen (secondary N) is 2. The molecule has 2 N–H and O–H groups in total. The molecule has 19 heavy (non-hydrogen) atoms. The number of likely N-dealkylation sites (N-methyl/N-ethyl adjacent to an activating group) is 1. The predicted molar refractivity (Wildman–Crippen MR) is 79.8 cm³/mol. The Hall–Kier alpha value is -0.0400. The van der Waals surface area contributed by atoms with E-state index < -0.39 is 10.0 Å². The van der Waals surface area contributed by atoms with Gasteiger partial charge in [0.2, 0.25) is 10.0 Å². The summed E-state index contributed by atoms with van der Waals surface area (Å²) in [5, 5.41) is 3.38. The van der Waals surface area contributed by atoms with Gasteiger partial charge in [-0.25, -0.2) is 13.1 Å². The third-order valence-electron chi connectivity index (χ3n) is 2.36. The lowest BCUT2D eigenvalue weighted by Gasteiger charge is -2.15. The molecule has 0 fully saturated rings. The first-order chi connectivity index (χ1) is 8.77. The Kier molecular flexibility index (Phi) is 6.36. The highest BCUT2D eigenvalue weighted by Gasteiger charge is 2.22. The zero-order chi connectivity index (χ0) is 14.6. The van der Waals surface area contributed by atoms with Crippen LogP contribution >= 0.6 is 34.8 Å². The summed E-state index contributed by atoms with van der Waals surface area (Å²) >= 11 is 17.5. The van der Waals surface area contributed by atoms with E-state index in [1.54, 1.807) is 0 Å². The van der Waals surface area contributed by atoms with Crippen molar-refractivity contribution in [2.45, 2.75) is 24.8 Å². The normalized spacial score (nSPS) is 13.5. The summed E-state index contributed by atoms with van der Waals surface area (Å²) in [5.74, 6) is 0. The zero-order valence-corrected chi connectivity index (χ0v) is 13.6. The molecule has 0 aliphatic heterocycles. The maximum atomic E-state index is 12.1. The van der Waals surface area contributed by atoms with Crippen LogP contribution in [0.1, 0.15) is 13.8 Å². The highest BCUT2D eigenvalue weighted by molar-refractivity contribution is 7.89. The molecule has 1 aromatic carbocycles. The lowest BCUT2D eigenvalue weighted by Crippen LogP contribution is -2.38. The van der Waals surface area contributed by atoms with E-state index >= 15 is 0 Å². The first kappa shape index (κ1) is 17.0. The van der Waals surface area contributed by atoms with Crippen molar-refractivity contribution in [2.75, 3.05) is 13.1 Å². The minimum absolute atomic E-state index is 0.00102. The summed E-state index contributed by atoms with van der Waals surface area (Å²) in [6, 6.07) is 2.69. The van der Waals surface area contributed by atoms with E-state index in [-0.39, 0.29) is 32.5 Å². The van der Waals surface area contributed by atoms with Gasteiger partial charge in [0.05, 0.1) is 10.0 Å². The highest BCUT2D eigenvalue weighted by Crippen LogP contribution is 2.32. The molecule has 0 unspecified atom stereocenters. The molecule has 0 aliphatic carbocycles. The van der Waals surface area contributed by atoms with Crippen LogP contribution < -0.4 is 10.0 Å². The summed E-state index contributed by atoms with van der Waals surface area (Å²) < 4.78 is 26.7.